The summed E-state index contributed by atoms with van der Waals surface area (Å²) in [6, 6.07) is 0. The third kappa shape index (κ3) is 4.64. The minimum absolute atomic E-state index is 0.450. The van der Waals surface area contributed by atoms with E-state index in [0.29, 0.717) is 19.5 Å². The summed E-state index contributed by atoms with van der Waals surface area (Å²) in [4.78, 5) is 2.20. The summed E-state index contributed by atoms with van der Waals surface area (Å²) in [5.41, 5.74) is 0. The largest absolute Gasteiger partial charge is 0.331 e. The van der Waals surface area contributed by atoms with Gasteiger partial charge in [-0.3, -0.25) is 14.0 Å². The second kappa shape index (κ2) is 6.64. The van der Waals surface area contributed by atoms with Crippen LogP contribution in [0.1, 0.15) is 33.1 Å². The molecule has 1 fully saturated rings. The average Bonchev–Trinajstić information content (AvgIpc) is 2.28. The van der Waals surface area contributed by atoms with Gasteiger partial charge in [0.2, 0.25) is 0 Å². The highest BCUT2D eigenvalue weighted by Crippen LogP contribution is 2.47. The fraction of sp³-hybridized carbons (Fsp3) is 1.00. The smallest absolute Gasteiger partial charge is 0.309 e. The molecule has 0 amide bonds. The molecular formula is C10H22NO3P. The summed E-state index contributed by atoms with van der Waals surface area (Å²) in [7, 11) is -2.81. The second-order valence-electron chi connectivity index (χ2n) is 3.78. The monoisotopic (exact) mass is 235 g/mol. The Morgan fingerprint density at radius 2 is 1.80 bits per heavy atom. The number of hydrogen-bond donors (Lipinski definition) is 0. The first kappa shape index (κ1) is 13.2. The molecular weight excluding hydrogens is 213 g/mol. The van der Waals surface area contributed by atoms with Gasteiger partial charge in [-0.25, -0.2) is 0 Å². The number of piperidine rings is 1. The Balaban J connectivity index is 2.29. The SMILES string of the molecule is CCOP(=O)(CC)OCN1CCCCC1. The normalized spacial score (nSPS) is 22.5. The van der Waals surface area contributed by atoms with Crippen molar-refractivity contribution >= 4 is 7.60 Å². The second-order valence-corrected chi connectivity index (χ2v) is 6.15. The van der Waals surface area contributed by atoms with Gasteiger partial charge in [-0.2, -0.15) is 0 Å². The van der Waals surface area contributed by atoms with Crippen LogP contribution in [0.15, 0.2) is 0 Å². The van der Waals surface area contributed by atoms with Crippen LogP contribution in [0.4, 0.5) is 0 Å². The van der Waals surface area contributed by atoms with Gasteiger partial charge >= 0.3 is 7.60 Å². The topological polar surface area (TPSA) is 38.8 Å². The molecule has 0 aromatic rings. The van der Waals surface area contributed by atoms with Crippen LogP contribution in [0, 0.1) is 0 Å². The van der Waals surface area contributed by atoms with Gasteiger partial charge < -0.3 is 4.52 Å². The van der Waals surface area contributed by atoms with Gasteiger partial charge in [0.1, 0.15) is 6.73 Å². The molecule has 1 unspecified atom stereocenters. The lowest BCUT2D eigenvalue weighted by molar-refractivity contribution is 0.0882. The van der Waals surface area contributed by atoms with Crippen LogP contribution >= 0.6 is 7.60 Å². The first-order chi connectivity index (χ1) is 7.20. The summed E-state index contributed by atoms with van der Waals surface area (Å²) >= 11 is 0. The predicted molar refractivity (Wildman–Crippen MR) is 61.1 cm³/mol. The summed E-state index contributed by atoms with van der Waals surface area (Å²) in [5, 5.41) is 0. The summed E-state index contributed by atoms with van der Waals surface area (Å²) in [5.74, 6) is 0. The van der Waals surface area contributed by atoms with Gasteiger partial charge in [0.05, 0.1) is 6.61 Å². The molecule has 1 saturated heterocycles. The Kier molecular flexibility index (Phi) is 5.83. The fourth-order valence-electron chi connectivity index (χ4n) is 1.67. The predicted octanol–water partition coefficient (Wildman–Crippen LogP) is 2.70. The minimum Gasteiger partial charge on any atom is -0.309 e. The average molecular weight is 235 g/mol. The Bertz CT molecular complexity index is 217. The van der Waals surface area contributed by atoms with Crippen molar-refractivity contribution in [3.8, 4) is 0 Å². The quantitative estimate of drug-likeness (QED) is 0.663. The van der Waals surface area contributed by atoms with Gasteiger partial charge in [0, 0.05) is 19.3 Å². The van der Waals surface area contributed by atoms with Crippen molar-refractivity contribution in [1.29, 1.82) is 0 Å². The van der Waals surface area contributed by atoms with E-state index >= 15 is 0 Å². The molecule has 1 atom stereocenters. The summed E-state index contributed by atoms with van der Waals surface area (Å²) < 4.78 is 22.5. The van der Waals surface area contributed by atoms with Gasteiger partial charge in [-0.1, -0.05) is 13.3 Å². The van der Waals surface area contributed by atoms with E-state index < -0.39 is 7.60 Å². The molecule has 0 aliphatic carbocycles. The maximum absolute atomic E-state index is 12.0. The van der Waals surface area contributed by atoms with Crippen molar-refractivity contribution in [3.05, 3.63) is 0 Å². The van der Waals surface area contributed by atoms with Crippen molar-refractivity contribution in [1.82, 2.24) is 4.90 Å². The first-order valence-electron chi connectivity index (χ1n) is 5.80. The van der Waals surface area contributed by atoms with Crippen LogP contribution in [-0.4, -0.2) is 37.5 Å². The van der Waals surface area contributed by atoms with E-state index in [1.165, 1.54) is 19.3 Å². The Morgan fingerprint density at radius 3 is 2.33 bits per heavy atom. The van der Waals surface area contributed by atoms with Crippen molar-refractivity contribution in [2.45, 2.75) is 33.1 Å². The standard InChI is InChI=1S/C10H22NO3P/c1-3-13-15(12,4-2)14-10-11-8-6-5-7-9-11/h3-10H2,1-2H3. The Morgan fingerprint density at radius 1 is 1.13 bits per heavy atom. The van der Waals surface area contributed by atoms with Crippen molar-refractivity contribution in [2.75, 3.05) is 32.6 Å². The Labute approximate surface area is 92.5 Å². The highest BCUT2D eigenvalue weighted by Gasteiger charge is 2.22. The Hall–Kier alpha value is 0.110. The van der Waals surface area contributed by atoms with Gasteiger partial charge in [0.15, 0.2) is 0 Å². The van der Waals surface area contributed by atoms with E-state index in [0.717, 1.165) is 13.1 Å². The molecule has 1 rings (SSSR count). The van der Waals surface area contributed by atoms with Gasteiger partial charge in [-0.15, -0.1) is 0 Å². The van der Waals surface area contributed by atoms with E-state index in [1.807, 2.05) is 13.8 Å². The molecule has 15 heavy (non-hydrogen) atoms. The van der Waals surface area contributed by atoms with Crippen molar-refractivity contribution in [3.63, 3.8) is 0 Å². The molecule has 0 bridgehead atoms. The highest BCUT2D eigenvalue weighted by molar-refractivity contribution is 7.53. The zero-order valence-corrected chi connectivity index (χ0v) is 10.7. The first-order valence-corrected chi connectivity index (χ1v) is 7.53. The van der Waals surface area contributed by atoms with Crippen LogP contribution < -0.4 is 0 Å². The molecule has 1 aliphatic heterocycles. The molecule has 0 N–H and O–H groups in total. The molecule has 1 aliphatic rings. The lowest BCUT2D eigenvalue weighted by Gasteiger charge is -2.27. The third-order valence-electron chi connectivity index (χ3n) is 2.60. The molecule has 0 saturated carbocycles. The van der Waals surface area contributed by atoms with Crippen LogP contribution in [0.3, 0.4) is 0 Å². The molecule has 90 valence electrons. The van der Waals surface area contributed by atoms with Crippen LogP contribution in [0.5, 0.6) is 0 Å². The van der Waals surface area contributed by atoms with E-state index in [9.17, 15) is 4.57 Å². The molecule has 0 radical (unpaired) electrons. The summed E-state index contributed by atoms with van der Waals surface area (Å²) in [6.45, 7) is 6.68. The molecule has 0 aromatic heterocycles. The molecule has 5 heteroatoms. The van der Waals surface area contributed by atoms with Crippen LogP contribution in [-0.2, 0) is 13.6 Å². The number of nitrogens with zero attached hydrogens (tertiary/aromatic N) is 1. The van der Waals surface area contributed by atoms with Gasteiger partial charge in [0.25, 0.3) is 0 Å². The third-order valence-corrected chi connectivity index (χ3v) is 4.53. The molecule has 1 heterocycles. The maximum Gasteiger partial charge on any atom is 0.331 e. The fourth-order valence-corrected chi connectivity index (χ4v) is 2.85. The van der Waals surface area contributed by atoms with Crippen LogP contribution in [0.2, 0.25) is 0 Å². The highest BCUT2D eigenvalue weighted by atomic mass is 31.2. The van der Waals surface area contributed by atoms with E-state index in [1.54, 1.807) is 0 Å². The van der Waals surface area contributed by atoms with E-state index in [2.05, 4.69) is 4.90 Å². The molecule has 0 aromatic carbocycles. The van der Waals surface area contributed by atoms with Crippen molar-refractivity contribution in [2.24, 2.45) is 0 Å². The minimum atomic E-state index is -2.81. The zero-order valence-electron chi connectivity index (χ0n) is 9.78. The lowest BCUT2D eigenvalue weighted by atomic mass is 10.1. The molecule has 0 spiro atoms. The number of hydrogen-bond acceptors (Lipinski definition) is 4. The van der Waals surface area contributed by atoms with Crippen molar-refractivity contribution < 1.29 is 13.6 Å². The number of rotatable bonds is 6. The van der Waals surface area contributed by atoms with Gasteiger partial charge in [-0.05, 0) is 19.8 Å². The number of likely N-dealkylation sites (tertiary alicyclic amines) is 1. The lowest BCUT2D eigenvalue weighted by Crippen LogP contribution is -2.31. The zero-order chi connectivity index (χ0) is 11.1. The maximum atomic E-state index is 12.0. The molecule has 4 nitrogen and oxygen atoms in total. The van der Waals surface area contributed by atoms with Crippen LogP contribution in [0.25, 0.3) is 0 Å². The summed E-state index contributed by atoms with van der Waals surface area (Å²) in [6.07, 6.45) is 4.19. The van der Waals surface area contributed by atoms with E-state index in [4.69, 9.17) is 9.05 Å². The van der Waals surface area contributed by atoms with E-state index in [-0.39, 0.29) is 0 Å².